The Morgan fingerprint density at radius 2 is 2.18 bits per heavy atom. The van der Waals surface area contributed by atoms with Crippen LogP contribution in [0.2, 0.25) is 5.02 Å². The predicted molar refractivity (Wildman–Crippen MR) is 58.6 cm³/mol. The highest BCUT2D eigenvalue weighted by molar-refractivity contribution is 6.30. The van der Waals surface area contributed by atoms with Gasteiger partial charge in [-0.1, -0.05) is 11.6 Å². The average Bonchev–Trinajstić information content (AvgIpc) is 2.28. The van der Waals surface area contributed by atoms with E-state index in [9.17, 15) is 20.3 Å². The Balaban J connectivity index is 3.08. The van der Waals surface area contributed by atoms with Crippen LogP contribution in [-0.2, 0) is 0 Å². The summed E-state index contributed by atoms with van der Waals surface area (Å²) in [5.41, 5.74) is -0.748. The van der Waals surface area contributed by atoms with Gasteiger partial charge >= 0.3 is 0 Å². The summed E-state index contributed by atoms with van der Waals surface area (Å²) in [6.45, 7) is -0.348. The number of pyridine rings is 1. The maximum atomic E-state index is 10.7. The number of aromatic nitrogens is 1. The molecule has 0 aliphatic heterocycles. The molecule has 0 radical (unpaired) electrons. The number of rotatable bonds is 5. The van der Waals surface area contributed by atoms with E-state index in [4.69, 9.17) is 16.7 Å². The Bertz CT molecular complexity index is 414. The number of aliphatic hydroxyl groups is 3. The highest BCUT2D eigenvalue weighted by Crippen LogP contribution is 2.28. The number of aliphatic hydroxyl groups excluding tert-OH is 3. The molecule has 8 heteroatoms. The number of hydrogen-bond donors (Lipinski definition) is 3. The fourth-order valence-electron chi connectivity index (χ4n) is 1.29. The molecule has 0 amide bonds. The summed E-state index contributed by atoms with van der Waals surface area (Å²) in [5, 5.41) is 38.5. The molecular weight excluding hydrogens is 252 g/mol. The van der Waals surface area contributed by atoms with Gasteiger partial charge in [0.15, 0.2) is 0 Å². The van der Waals surface area contributed by atoms with Crippen LogP contribution in [0.1, 0.15) is 18.2 Å². The average molecular weight is 263 g/mol. The first kappa shape index (κ1) is 13.8. The Hall–Kier alpha value is -1.28. The van der Waals surface area contributed by atoms with Crippen LogP contribution in [-0.4, -0.2) is 37.9 Å². The lowest BCUT2D eigenvalue weighted by atomic mass is 10.1. The number of hydrogen-bond acceptors (Lipinski definition) is 6. The molecule has 1 rings (SSSR count). The van der Waals surface area contributed by atoms with E-state index in [0.29, 0.717) is 0 Å². The highest BCUT2D eigenvalue weighted by atomic mass is 35.5. The Morgan fingerprint density at radius 3 is 2.71 bits per heavy atom. The molecule has 0 aliphatic rings. The first-order valence-corrected chi connectivity index (χ1v) is 5.12. The largest absolute Gasteiger partial charge is 0.396 e. The number of nitro groups is 1. The second-order valence-electron chi connectivity index (χ2n) is 3.34. The minimum Gasteiger partial charge on any atom is -0.396 e. The van der Waals surface area contributed by atoms with Gasteiger partial charge in [0.1, 0.15) is 11.8 Å². The molecule has 1 aromatic heterocycles. The molecule has 0 spiro atoms. The van der Waals surface area contributed by atoms with Crippen molar-refractivity contribution in [3.05, 3.63) is 33.1 Å². The third kappa shape index (κ3) is 3.34. The van der Waals surface area contributed by atoms with Crippen molar-refractivity contribution in [1.29, 1.82) is 0 Å². The molecule has 1 aromatic rings. The van der Waals surface area contributed by atoms with Gasteiger partial charge in [0.2, 0.25) is 0 Å². The molecule has 1 heterocycles. The summed E-state index contributed by atoms with van der Waals surface area (Å²) in [6, 6.07) is 1.04. The third-order valence-corrected chi connectivity index (χ3v) is 2.34. The van der Waals surface area contributed by atoms with E-state index < -0.39 is 22.8 Å². The molecule has 0 aliphatic carbocycles. The molecule has 0 bridgehead atoms. The van der Waals surface area contributed by atoms with Crippen molar-refractivity contribution < 1.29 is 20.2 Å². The van der Waals surface area contributed by atoms with Gasteiger partial charge in [-0.2, -0.15) is 0 Å². The van der Waals surface area contributed by atoms with Crippen molar-refractivity contribution >= 4 is 17.3 Å². The lowest BCUT2D eigenvalue weighted by Gasteiger charge is -2.16. The molecule has 0 saturated carbocycles. The second-order valence-corrected chi connectivity index (χ2v) is 3.78. The summed E-state index contributed by atoms with van der Waals surface area (Å²) in [4.78, 5) is 13.6. The smallest absolute Gasteiger partial charge is 0.295 e. The SMILES string of the molecule is O=[N+]([O-])c1cc(Cl)cnc1C(O)C(O)CCO. The zero-order chi connectivity index (χ0) is 13.0. The van der Waals surface area contributed by atoms with Crippen LogP contribution in [0.25, 0.3) is 0 Å². The van der Waals surface area contributed by atoms with Crippen molar-refractivity contribution in [3.63, 3.8) is 0 Å². The van der Waals surface area contributed by atoms with Crippen LogP contribution in [0.4, 0.5) is 5.69 Å². The fraction of sp³-hybridized carbons (Fsp3) is 0.444. The van der Waals surface area contributed by atoms with E-state index in [1.54, 1.807) is 0 Å². The van der Waals surface area contributed by atoms with E-state index >= 15 is 0 Å². The van der Waals surface area contributed by atoms with E-state index in [0.717, 1.165) is 12.3 Å². The maximum absolute atomic E-state index is 10.7. The van der Waals surface area contributed by atoms with E-state index in [2.05, 4.69) is 4.98 Å². The minimum absolute atomic E-state index is 0.0595. The zero-order valence-corrected chi connectivity index (χ0v) is 9.41. The Kier molecular flexibility index (Phi) is 4.76. The Morgan fingerprint density at radius 1 is 1.53 bits per heavy atom. The first-order chi connectivity index (χ1) is 7.97. The third-order valence-electron chi connectivity index (χ3n) is 2.13. The van der Waals surface area contributed by atoms with Crippen molar-refractivity contribution in [2.75, 3.05) is 6.61 Å². The second kappa shape index (κ2) is 5.87. The van der Waals surface area contributed by atoms with Crippen molar-refractivity contribution in [2.45, 2.75) is 18.6 Å². The van der Waals surface area contributed by atoms with Crippen LogP contribution in [0.5, 0.6) is 0 Å². The van der Waals surface area contributed by atoms with Gasteiger partial charge in [-0.05, 0) is 6.42 Å². The fourth-order valence-corrected chi connectivity index (χ4v) is 1.44. The van der Waals surface area contributed by atoms with E-state index in [1.807, 2.05) is 0 Å². The number of halogens is 1. The molecule has 0 saturated heterocycles. The van der Waals surface area contributed by atoms with Crippen molar-refractivity contribution in [1.82, 2.24) is 4.98 Å². The standard InChI is InChI=1S/C9H11ClN2O5/c10-5-3-6(12(16)17)8(11-4-5)9(15)7(14)1-2-13/h3-4,7,9,13-15H,1-2H2. The monoisotopic (exact) mass is 262 g/mol. The molecule has 2 atom stereocenters. The molecule has 3 N–H and O–H groups in total. The van der Waals surface area contributed by atoms with Gasteiger partial charge in [0, 0.05) is 18.9 Å². The van der Waals surface area contributed by atoms with Gasteiger partial charge in [0.25, 0.3) is 5.69 Å². The van der Waals surface area contributed by atoms with Crippen LogP contribution >= 0.6 is 11.6 Å². The van der Waals surface area contributed by atoms with Gasteiger partial charge in [-0.25, -0.2) is 4.98 Å². The molecule has 94 valence electrons. The van der Waals surface area contributed by atoms with Crippen LogP contribution in [0, 0.1) is 10.1 Å². The zero-order valence-electron chi connectivity index (χ0n) is 8.65. The number of nitrogens with zero attached hydrogens (tertiary/aromatic N) is 2. The van der Waals surface area contributed by atoms with E-state index in [-0.39, 0.29) is 23.7 Å². The van der Waals surface area contributed by atoms with Gasteiger partial charge < -0.3 is 15.3 Å². The molecule has 0 aromatic carbocycles. The lowest BCUT2D eigenvalue weighted by Crippen LogP contribution is -2.21. The maximum Gasteiger partial charge on any atom is 0.295 e. The van der Waals surface area contributed by atoms with Crippen LogP contribution in [0.3, 0.4) is 0 Å². The lowest BCUT2D eigenvalue weighted by molar-refractivity contribution is -0.386. The molecular formula is C9H11ClN2O5. The minimum atomic E-state index is -1.54. The first-order valence-electron chi connectivity index (χ1n) is 4.74. The van der Waals surface area contributed by atoms with Crippen LogP contribution < -0.4 is 0 Å². The van der Waals surface area contributed by atoms with E-state index in [1.165, 1.54) is 0 Å². The summed E-state index contributed by atoms with van der Waals surface area (Å²) in [5.74, 6) is 0. The Labute approximate surface area is 101 Å². The molecule has 17 heavy (non-hydrogen) atoms. The highest BCUT2D eigenvalue weighted by Gasteiger charge is 2.27. The molecule has 0 fully saturated rings. The summed E-state index contributed by atoms with van der Waals surface area (Å²) in [6.07, 6.45) is -1.84. The van der Waals surface area contributed by atoms with Gasteiger partial charge in [-0.3, -0.25) is 10.1 Å². The van der Waals surface area contributed by atoms with Crippen molar-refractivity contribution in [3.8, 4) is 0 Å². The topological polar surface area (TPSA) is 117 Å². The molecule has 2 unspecified atom stereocenters. The van der Waals surface area contributed by atoms with Crippen LogP contribution in [0.15, 0.2) is 12.3 Å². The summed E-state index contributed by atoms with van der Waals surface area (Å²) in [7, 11) is 0. The molecule has 7 nitrogen and oxygen atoms in total. The van der Waals surface area contributed by atoms with Crippen molar-refractivity contribution in [2.24, 2.45) is 0 Å². The van der Waals surface area contributed by atoms with Gasteiger partial charge in [0.05, 0.1) is 16.0 Å². The summed E-state index contributed by atoms with van der Waals surface area (Å²) < 4.78 is 0. The quantitative estimate of drug-likeness (QED) is 0.523. The summed E-state index contributed by atoms with van der Waals surface area (Å²) >= 11 is 5.56. The van der Waals surface area contributed by atoms with Gasteiger partial charge in [-0.15, -0.1) is 0 Å². The normalized spacial score (nSPS) is 14.4. The predicted octanol–water partition coefficient (Wildman–Crippen LogP) is 0.420.